The summed E-state index contributed by atoms with van der Waals surface area (Å²) >= 11 is 0. The van der Waals surface area contributed by atoms with Crippen LogP contribution in [0.2, 0.25) is 0 Å². The zero-order chi connectivity index (χ0) is 14.9. The number of nitrogens with one attached hydrogen (secondary N) is 1. The minimum absolute atomic E-state index is 0.0690. The molecule has 1 aliphatic heterocycles. The molecule has 20 heavy (non-hydrogen) atoms. The van der Waals surface area contributed by atoms with Gasteiger partial charge in [0, 0.05) is 18.6 Å². The van der Waals surface area contributed by atoms with Gasteiger partial charge in [-0.2, -0.15) is 0 Å². The van der Waals surface area contributed by atoms with E-state index in [-0.39, 0.29) is 17.8 Å². The molecule has 0 radical (unpaired) electrons. The van der Waals surface area contributed by atoms with Crippen LogP contribution in [-0.4, -0.2) is 29.2 Å². The Morgan fingerprint density at radius 3 is 2.65 bits per heavy atom. The van der Waals surface area contributed by atoms with Gasteiger partial charge in [-0.1, -0.05) is 0 Å². The van der Waals surface area contributed by atoms with Crippen LogP contribution >= 0.6 is 0 Å². The first kappa shape index (κ1) is 13.9. The van der Waals surface area contributed by atoms with Crippen LogP contribution in [-0.2, 0) is 14.4 Å². The highest BCUT2D eigenvalue weighted by molar-refractivity contribution is 6.12. The normalized spacial score (nSPS) is 17.4. The van der Waals surface area contributed by atoms with Gasteiger partial charge in [-0.25, -0.2) is 8.78 Å². The smallest absolute Gasteiger partial charge is 0.277 e. The quantitative estimate of drug-likeness (QED) is 0.774. The summed E-state index contributed by atoms with van der Waals surface area (Å²) in [5.41, 5.74) is -0.303. The van der Waals surface area contributed by atoms with E-state index in [1.165, 1.54) is 0 Å². The van der Waals surface area contributed by atoms with Gasteiger partial charge in [0.15, 0.2) is 0 Å². The molecular weight excluding hydrogens is 270 g/mol. The lowest BCUT2D eigenvalue weighted by atomic mass is 10.1. The van der Waals surface area contributed by atoms with Gasteiger partial charge in [-0.3, -0.25) is 19.3 Å². The Morgan fingerprint density at radius 1 is 1.35 bits per heavy atom. The topological polar surface area (TPSA) is 66.5 Å². The highest BCUT2D eigenvalue weighted by Gasteiger charge is 2.30. The van der Waals surface area contributed by atoms with E-state index < -0.39 is 29.4 Å². The first-order valence-electron chi connectivity index (χ1n) is 5.67. The second-order valence-electron chi connectivity index (χ2n) is 4.18. The van der Waals surface area contributed by atoms with Crippen LogP contribution in [0.25, 0.3) is 6.08 Å². The second kappa shape index (κ2) is 5.20. The minimum Gasteiger partial charge on any atom is -0.320 e. The first-order valence-corrected chi connectivity index (χ1v) is 5.67. The molecule has 104 valence electrons. The van der Waals surface area contributed by atoms with Crippen LogP contribution in [0.1, 0.15) is 12.5 Å². The Labute approximate surface area is 112 Å². The van der Waals surface area contributed by atoms with E-state index in [2.05, 4.69) is 5.32 Å². The van der Waals surface area contributed by atoms with Crippen molar-refractivity contribution in [1.82, 2.24) is 10.2 Å². The van der Waals surface area contributed by atoms with Gasteiger partial charge in [0.1, 0.15) is 23.9 Å². The third-order valence-electron chi connectivity index (χ3n) is 2.69. The molecular formula is C13H10F2N2O3. The lowest BCUT2D eigenvalue weighted by molar-refractivity contribution is -0.147. The maximum Gasteiger partial charge on any atom is 0.277 e. The van der Waals surface area contributed by atoms with Crippen LogP contribution in [0.4, 0.5) is 8.78 Å². The van der Waals surface area contributed by atoms with Crippen molar-refractivity contribution in [2.75, 3.05) is 6.54 Å². The van der Waals surface area contributed by atoms with Crippen molar-refractivity contribution in [3.8, 4) is 0 Å². The van der Waals surface area contributed by atoms with Crippen molar-refractivity contribution in [1.29, 1.82) is 0 Å². The van der Waals surface area contributed by atoms with E-state index >= 15 is 0 Å². The number of carbonyl (C=O) groups is 3. The molecule has 1 fully saturated rings. The summed E-state index contributed by atoms with van der Waals surface area (Å²) < 4.78 is 26.3. The largest absolute Gasteiger partial charge is 0.320 e. The van der Waals surface area contributed by atoms with Gasteiger partial charge in [-0.05, 0) is 18.2 Å². The predicted molar refractivity (Wildman–Crippen MR) is 64.9 cm³/mol. The van der Waals surface area contributed by atoms with Crippen LogP contribution < -0.4 is 5.32 Å². The number of imide groups is 1. The van der Waals surface area contributed by atoms with E-state index in [4.69, 9.17) is 0 Å². The Hall–Kier alpha value is -2.57. The predicted octanol–water partition coefficient (Wildman–Crippen LogP) is 0.811. The van der Waals surface area contributed by atoms with E-state index in [1.54, 1.807) is 0 Å². The molecule has 1 N–H and O–H groups in total. The molecule has 1 aromatic rings. The Kier molecular flexibility index (Phi) is 3.60. The molecule has 5 nitrogen and oxygen atoms in total. The van der Waals surface area contributed by atoms with Crippen LogP contribution in [0, 0.1) is 11.6 Å². The van der Waals surface area contributed by atoms with Crippen LogP contribution in [0.5, 0.6) is 0 Å². The van der Waals surface area contributed by atoms with Gasteiger partial charge < -0.3 is 5.32 Å². The number of amides is 3. The third-order valence-corrected chi connectivity index (χ3v) is 2.69. The zero-order valence-electron chi connectivity index (χ0n) is 10.4. The average Bonchev–Trinajstić information content (AvgIpc) is 2.36. The molecule has 1 aromatic carbocycles. The highest BCUT2D eigenvalue weighted by Crippen LogP contribution is 2.15. The average molecular weight is 280 g/mol. The zero-order valence-corrected chi connectivity index (χ0v) is 10.4. The Balaban J connectivity index is 2.39. The number of hydrogen-bond acceptors (Lipinski definition) is 3. The number of nitrogens with zero attached hydrogens (tertiary/aromatic N) is 1. The lowest BCUT2D eigenvalue weighted by Gasteiger charge is -2.25. The standard InChI is InChI=1S/C13H10F2N2O3/c1-7(18)17-6-12(19)16-11(13(17)20)4-8-2-3-9(14)5-10(8)15/h2-5H,6H2,1H3,(H,16,19)/b11-4-. The van der Waals surface area contributed by atoms with Gasteiger partial charge >= 0.3 is 0 Å². The Bertz CT molecular complexity index is 641. The SMILES string of the molecule is CC(=O)N1CC(=O)N/C(=C\c2ccc(F)cc2F)C1=O. The lowest BCUT2D eigenvalue weighted by Crippen LogP contribution is -2.51. The molecule has 0 saturated carbocycles. The minimum atomic E-state index is -0.875. The molecule has 7 heteroatoms. The van der Waals surface area contributed by atoms with E-state index in [0.717, 1.165) is 30.0 Å². The second-order valence-corrected chi connectivity index (χ2v) is 4.18. The number of piperazine rings is 1. The number of halogens is 2. The summed E-state index contributed by atoms with van der Waals surface area (Å²) in [6.07, 6.45) is 1.06. The van der Waals surface area contributed by atoms with Crippen molar-refractivity contribution >= 4 is 23.8 Å². The van der Waals surface area contributed by atoms with Gasteiger partial charge in [0.05, 0.1) is 0 Å². The third kappa shape index (κ3) is 2.71. The fourth-order valence-corrected chi connectivity index (χ4v) is 1.73. The van der Waals surface area contributed by atoms with E-state index in [1.807, 2.05) is 0 Å². The van der Waals surface area contributed by atoms with Gasteiger partial charge in [-0.15, -0.1) is 0 Å². The summed E-state index contributed by atoms with van der Waals surface area (Å²) in [6.45, 7) is 0.768. The summed E-state index contributed by atoms with van der Waals surface area (Å²) in [6, 6.07) is 2.81. The summed E-state index contributed by atoms with van der Waals surface area (Å²) in [5.74, 6) is -3.52. The van der Waals surface area contributed by atoms with Crippen molar-refractivity contribution in [2.24, 2.45) is 0 Å². The molecule has 0 aliphatic carbocycles. The van der Waals surface area contributed by atoms with Gasteiger partial charge in [0.2, 0.25) is 11.8 Å². The molecule has 0 atom stereocenters. The fraction of sp³-hybridized carbons (Fsp3) is 0.154. The number of hydrogen-bond donors (Lipinski definition) is 1. The maximum absolute atomic E-state index is 13.5. The monoisotopic (exact) mass is 280 g/mol. The first-order chi connectivity index (χ1) is 9.38. The van der Waals surface area contributed by atoms with E-state index in [9.17, 15) is 23.2 Å². The number of rotatable bonds is 1. The van der Waals surface area contributed by atoms with Gasteiger partial charge in [0.25, 0.3) is 5.91 Å². The maximum atomic E-state index is 13.5. The summed E-state index contributed by atoms with van der Waals surface area (Å²) in [4.78, 5) is 35.3. The number of benzene rings is 1. The molecule has 3 amide bonds. The summed E-state index contributed by atoms with van der Waals surface area (Å²) in [5, 5.41) is 2.26. The molecule has 1 saturated heterocycles. The Morgan fingerprint density at radius 2 is 2.05 bits per heavy atom. The fourth-order valence-electron chi connectivity index (χ4n) is 1.73. The molecule has 0 unspecified atom stereocenters. The van der Waals surface area contributed by atoms with Crippen molar-refractivity contribution in [3.63, 3.8) is 0 Å². The highest BCUT2D eigenvalue weighted by atomic mass is 19.1. The van der Waals surface area contributed by atoms with Crippen molar-refractivity contribution in [3.05, 3.63) is 41.1 Å². The van der Waals surface area contributed by atoms with Crippen LogP contribution in [0.3, 0.4) is 0 Å². The molecule has 0 spiro atoms. The van der Waals surface area contributed by atoms with Crippen LogP contribution in [0.15, 0.2) is 23.9 Å². The number of carbonyl (C=O) groups excluding carboxylic acids is 3. The van der Waals surface area contributed by atoms with Crippen molar-refractivity contribution in [2.45, 2.75) is 6.92 Å². The molecule has 2 rings (SSSR count). The van der Waals surface area contributed by atoms with Crippen molar-refractivity contribution < 1.29 is 23.2 Å². The van der Waals surface area contributed by atoms with E-state index in [0.29, 0.717) is 6.07 Å². The molecule has 1 heterocycles. The summed E-state index contributed by atoms with van der Waals surface area (Å²) in [7, 11) is 0. The molecule has 0 aromatic heterocycles. The molecule has 1 aliphatic rings. The molecule has 0 bridgehead atoms.